The molecule has 9 heteroatoms. The number of carbonyl (C=O) groups excluding carboxylic acids is 1. The van der Waals surface area contributed by atoms with Crippen molar-refractivity contribution in [1.82, 2.24) is 13.5 Å². The minimum Gasteiger partial charge on any atom is -0.324 e. The molecule has 2 aromatic heterocycles. The first kappa shape index (κ1) is 16.6. The minimum atomic E-state index is -0.518. The van der Waals surface area contributed by atoms with E-state index in [4.69, 9.17) is 0 Å². The van der Waals surface area contributed by atoms with E-state index in [9.17, 15) is 18.8 Å². The van der Waals surface area contributed by atoms with Gasteiger partial charge in [0.25, 0.3) is 5.56 Å². The molecule has 1 saturated carbocycles. The van der Waals surface area contributed by atoms with Crippen LogP contribution in [0.3, 0.4) is 0 Å². The molecule has 134 valence electrons. The van der Waals surface area contributed by atoms with Crippen molar-refractivity contribution in [3.8, 4) is 0 Å². The average molecular weight is 374 g/mol. The predicted octanol–water partition coefficient (Wildman–Crippen LogP) is 2.04. The largest absolute Gasteiger partial charge is 0.332 e. The number of anilines is 1. The van der Waals surface area contributed by atoms with Crippen molar-refractivity contribution < 1.29 is 9.18 Å². The standard InChI is InChI=1S/C17H15FN4O3S/c1-9-2-3-10(6-12(9)18)19-14(23)7-21-13-8-26-20-15(13)16(24)22(17(21)25)11-4-5-11/h2-3,6,8,11H,4-5,7H2,1H3,(H,19,23). The summed E-state index contributed by atoms with van der Waals surface area (Å²) in [4.78, 5) is 37.6. The third-order valence-electron chi connectivity index (χ3n) is 4.37. The number of halogens is 1. The molecular weight excluding hydrogens is 359 g/mol. The fourth-order valence-corrected chi connectivity index (χ4v) is 3.50. The van der Waals surface area contributed by atoms with Crippen molar-refractivity contribution in [2.24, 2.45) is 0 Å². The van der Waals surface area contributed by atoms with Crippen LogP contribution in [-0.4, -0.2) is 19.4 Å². The van der Waals surface area contributed by atoms with Crippen molar-refractivity contribution in [3.05, 3.63) is 55.8 Å². The van der Waals surface area contributed by atoms with Gasteiger partial charge in [0, 0.05) is 17.1 Å². The molecular formula is C17H15FN4O3S. The van der Waals surface area contributed by atoms with Gasteiger partial charge < -0.3 is 5.32 Å². The van der Waals surface area contributed by atoms with Gasteiger partial charge in [-0.05, 0) is 49.0 Å². The molecule has 3 aromatic rings. The average Bonchev–Trinajstić information content (AvgIpc) is 3.30. The second-order valence-electron chi connectivity index (χ2n) is 6.34. The van der Waals surface area contributed by atoms with Gasteiger partial charge in [0.2, 0.25) is 5.91 Å². The summed E-state index contributed by atoms with van der Waals surface area (Å²) in [7, 11) is 0. The minimum absolute atomic E-state index is 0.124. The molecule has 1 aliphatic rings. The molecule has 1 aliphatic carbocycles. The topological polar surface area (TPSA) is 86.0 Å². The molecule has 1 N–H and O–H groups in total. The van der Waals surface area contributed by atoms with Gasteiger partial charge in [-0.25, -0.2) is 9.18 Å². The Labute approximate surface area is 150 Å². The third-order valence-corrected chi connectivity index (χ3v) is 4.99. The number of hydrogen-bond donors (Lipinski definition) is 1. The molecule has 0 unspecified atom stereocenters. The van der Waals surface area contributed by atoms with Crippen LogP contribution < -0.4 is 16.6 Å². The van der Waals surface area contributed by atoms with Crippen molar-refractivity contribution in [3.63, 3.8) is 0 Å². The van der Waals surface area contributed by atoms with E-state index in [2.05, 4.69) is 9.69 Å². The maximum absolute atomic E-state index is 13.6. The van der Waals surface area contributed by atoms with Gasteiger partial charge in [0.1, 0.15) is 12.4 Å². The second kappa shape index (κ2) is 6.17. The summed E-state index contributed by atoms with van der Waals surface area (Å²) < 4.78 is 20.1. The highest BCUT2D eigenvalue weighted by atomic mass is 32.1. The van der Waals surface area contributed by atoms with Crippen LogP contribution in [0.2, 0.25) is 0 Å². The fourth-order valence-electron chi connectivity index (χ4n) is 2.83. The number of fused-ring (bicyclic) bond motifs is 1. The number of rotatable bonds is 4. The number of benzene rings is 1. The molecule has 0 atom stereocenters. The molecule has 1 aromatic carbocycles. The highest BCUT2D eigenvalue weighted by molar-refractivity contribution is 7.04. The molecule has 2 heterocycles. The highest BCUT2D eigenvalue weighted by Crippen LogP contribution is 2.32. The van der Waals surface area contributed by atoms with Crippen LogP contribution in [0, 0.1) is 12.7 Å². The zero-order valence-electron chi connectivity index (χ0n) is 13.9. The van der Waals surface area contributed by atoms with Gasteiger partial charge in [-0.1, -0.05) is 6.07 Å². The normalized spacial score (nSPS) is 13.9. The summed E-state index contributed by atoms with van der Waals surface area (Å²) in [6, 6.07) is 4.25. The number of aromatic nitrogens is 3. The molecule has 4 rings (SSSR count). The number of aryl methyl sites for hydroxylation is 1. The van der Waals surface area contributed by atoms with Crippen LogP contribution >= 0.6 is 11.5 Å². The quantitative estimate of drug-likeness (QED) is 0.757. The molecule has 7 nitrogen and oxygen atoms in total. The van der Waals surface area contributed by atoms with Crippen LogP contribution in [0.4, 0.5) is 10.1 Å². The zero-order valence-corrected chi connectivity index (χ0v) is 14.7. The Hall–Kier alpha value is -2.81. The van der Waals surface area contributed by atoms with E-state index in [0.717, 1.165) is 24.4 Å². The first-order valence-electron chi connectivity index (χ1n) is 8.11. The molecule has 1 fully saturated rings. The number of nitrogens with one attached hydrogen (secondary N) is 1. The summed E-state index contributed by atoms with van der Waals surface area (Å²) in [5, 5.41) is 4.16. The third kappa shape index (κ3) is 2.84. The first-order chi connectivity index (χ1) is 12.5. The fraction of sp³-hybridized carbons (Fsp3) is 0.294. The molecule has 1 amide bonds. The summed E-state index contributed by atoms with van der Waals surface area (Å²) in [6.45, 7) is 1.35. The van der Waals surface area contributed by atoms with Crippen LogP contribution in [0.25, 0.3) is 11.0 Å². The lowest BCUT2D eigenvalue weighted by Gasteiger charge is -2.11. The SMILES string of the molecule is Cc1ccc(NC(=O)Cn2c(=O)n(C3CC3)c(=O)c3nscc32)cc1F. The number of carbonyl (C=O) groups is 1. The molecule has 26 heavy (non-hydrogen) atoms. The van der Waals surface area contributed by atoms with Crippen LogP contribution in [-0.2, 0) is 11.3 Å². The van der Waals surface area contributed by atoms with E-state index < -0.39 is 23.0 Å². The van der Waals surface area contributed by atoms with E-state index in [-0.39, 0.29) is 18.1 Å². The maximum atomic E-state index is 13.6. The smallest absolute Gasteiger partial charge is 0.324 e. The molecule has 0 bridgehead atoms. The maximum Gasteiger partial charge on any atom is 0.332 e. The molecule has 0 radical (unpaired) electrons. The van der Waals surface area contributed by atoms with Crippen LogP contribution in [0.15, 0.2) is 33.2 Å². The Balaban J connectivity index is 1.69. The lowest BCUT2D eigenvalue weighted by molar-refractivity contribution is -0.116. The zero-order chi connectivity index (χ0) is 18.4. The van der Waals surface area contributed by atoms with Gasteiger partial charge in [0.15, 0.2) is 5.52 Å². The highest BCUT2D eigenvalue weighted by Gasteiger charge is 2.29. The second-order valence-corrected chi connectivity index (χ2v) is 6.96. The lowest BCUT2D eigenvalue weighted by Crippen LogP contribution is -2.41. The van der Waals surface area contributed by atoms with E-state index in [1.54, 1.807) is 24.4 Å². The van der Waals surface area contributed by atoms with E-state index in [0.29, 0.717) is 16.8 Å². The van der Waals surface area contributed by atoms with Crippen molar-refractivity contribution in [2.75, 3.05) is 5.32 Å². The van der Waals surface area contributed by atoms with Crippen LogP contribution in [0.5, 0.6) is 0 Å². The van der Waals surface area contributed by atoms with Crippen molar-refractivity contribution in [1.29, 1.82) is 0 Å². The molecule has 0 aliphatic heterocycles. The van der Waals surface area contributed by atoms with Gasteiger partial charge in [0.05, 0.1) is 5.52 Å². The van der Waals surface area contributed by atoms with Gasteiger partial charge in [-0.2, -0.15) is 4.37 Å². The summed E-state index contributed by atoms with van der Waals surface area (Å²) >= 11 is 1.06. The Morgan fingerprint density at radius 3 is 2.85 bits per heavy atom. The van der Waals surface area contributed by atoms with Crippen LogP contribution in [0.1, 0.15) is 24.4 Å². The Bertz CT molecular complexity index is 1140. The first-order valence-corrected chi connectivity index (χ1v) is 8.95. The monoisotopic (exact) mass is 374 g/mol. The lowest BCUT2D eigenvalue weighted by atomic mass is 10.2. The Morgan fingerprint density at radius 2 is 2.15 bits per heavy atom. The predicted molar refractivity (Wildman–Crippen MR) is 96.2 cm³/mol. The van der Waals surface area contributed by atoms with Gasteiger partial charge in [-0.15, -0.1) is 0 Å². The summed E-state index contributed by atoms with van der Waals surface area (Å²) in [6.07, 6.45) is 1.53. The van der Waals surface area contributed by atoms with Crippen molar-refractivity contribution in [2.45, 2.75) is 32.4 Å². The van der Waals surface area contributed by atoms with Gasteiger partial charge >= 0.3 is 5.69 Å². The van der Waals surface area contributed by atoms with Gasteiger partial charge in [-0.3, -0.25) is 18.7 Å². The number of hydrogen-bond acceptors (Lipinski definition) is 5. The van der Waals surface area contributed by atoms with E-state index in [1.165, 1.54) is 15.2 Å². The molecule has 0 spiro atoms. The van der Waals surface area contributed by atoms with E-state index in [1.807, 2.05) is 0 Å². The summed E-state index contributed by atoms with van der Waals surface area (Å²) in [5.41, 5.74) is 0.382. The number of nitrogens with zero attached hydrogens (tertiary/aromatic N) is 3. The summed E-state index contributed by atoms with van der Waals surface area (Å²) in [5.74, 6) is -0.907. The Morgan fingerprint density at radius 1 is 1.38 bits per heavy atom. The van der Waals surface area contributed by atoms with E-state index >= 15 is 0 Å². The molecule has 0 saturated heterocycles. The Kier molecular flexibility index (Phi) is 3.95. The van der Waals surface area contributed by atoms with Crippen molar-refractivity contribution >= 4 is 34.2 Å². The number of amides is 1.